The molecule has 0 N–H and O–H groups in total. The minimum Gasteiger partial charge on any atom is -0.358 e. The zero-order chi connectivity index (χ0) is 11.3. The number of hydrogen-bond acceptors (Lipinski definition) is 2. The lowest BCUT2D eigenvalue weighted by Crippen LogP contribution is -2.18. The summed E-state index contributed by atoms with van der Waals surface area (Å²) in [7, 11) is 3.99. The molecule has 0 atom stereocenters. The summed E-state index contributed by atoms with van der Waals surface area (Å²) in [4.78, 5) is 6.52. The summed E-state index contributed by atoms with van der Waals surface area (Å²) >= 11 is 7.45. The molecule has 0 saturated carbocycles. The largest absolute Gasteiger partial charge is 0.358 e. The van der Waals surface area contributed by atoms with E-state index in [0.29, 0.717) is 6.54 Å². The van der Waals surface area contributed by atoms with Crippen LogP contribution in [0.1, 0.15) is 5.56 Å². The Kier molecular flexibility index (Phi) is 4.99. The SMILES string of the molecule is CSC(=NCc1ccc(Cl)cc1)N(C)C. The first kappa shape index (κ1) is 12.4. The summed E-state index contributed by atoms with van der Waals surface area (Å²) < 4.78 is 0. The van der Waals surface area contributed by atoms with Crippen molar-refractivity contribution in [1.82, 2.24) is 4.90 Å². The predicted octanol–water partition coefficient (Wildman–Crippen LogP) is 3.12. The van der Waals surface area contributed by atoms with E-state index in [9.17, 15) is 0 Å². The molecule has 0 spiro atoms. The molecule has 0 aliphatic heterocycles. The molecule has 0 heterocycles. The fraction of sp³-hybridized carbons (Fsp3) is 0.364. The number of halogens is 1. The Bertz CT molecular complexity index is 333. The standard InChI is InChI=1S/C11H15ClN2S/c1-14(2)11(15-3)13-8-9-4-6-10(12)7-5-9/h4-7H,8H2,1-3H3. The van der Waals surface area contributed by atoms with Gasteiger partial charge in [-0.3, -0.25) is 4.99 Å². The zero-order valence-electron chi connectivity index (χ0n) is 9.20. The average molecular weight is 243 g/mol. The Labute approximate surface area is 100 Å². The third kappa shape index (κ3) is 4.14. The number of nitrogens with zero attached hydrogens (tertiary/aromatic N) is 2. The second-order valence-corrected chi connectivity index (χ2v) is 4.53. The molecule has 0 amide bonds. The van der Waals surface area contributed by atoms with Gasteiger partial charge in [0.25, 0.3) is 0 Å². The van der Waals surface area contributed by atoms with Gasteiger partial charge in [-0.2, -0.15) is 0 Å². The van der Waals surface area contributed by atoms with Gasteiger partial charge >= 0.3 is 0 Å². The van der Waals surface area contributed by atoms with Gasteiger partial charge < -0.3 is 4.90 Å². The summed E-state index contributed by atoms with van der Waals surface area (Å²) in [5.41, 5.74) is 1.17. The van der Waals surface area contributed by atoms with Crippen LogP contribution in [0.25, 0.3) is 0 Å². The summed E-state index contributed by atoms with van der Waals surface area (Å²) in [5, 5.41) is 1.80. The lowest BCUT2D eigenvalue weighted by atomic mass is 10.2. The molecule has 0 radical (unpaired) electrons. The van der Waals surface area contributed by atoms with Gasteiger partial charge in [0.2, 0.25) is 0 Å². The Hall–Kier alpha value is -0.670. The normalized spacial score (nSPS) is 11.6. The Balaban J connectivity index is 2.66. The van der Waals surface area contributed by atoms with Crippen LogP contribution in [-0.4, -0.2) is 30.4 Å². The maximum Gasteiger partial charge on any atom is 0.158 e. The molecule has 0 saturated heterocycles. The van der Waals surface area contributed by atoms with Crippen LogP contribution in [0.5, 0.6) is 0 Å². The van der Waals surface area contributed by atoms with Gasteiger partial charge in [-0.25, -0.2) is 0 Å². The van der Waals surface area contributed by atoms with Crippen LogP contribution in [0.15, 0.2) is 29.3 Å². The summed E-state index contributed by atoms with van der Waals surface area (Å²) in [6.45, 7) is 0.700. The second kappa shape index (κ2) is 6.03. The van der Waals surface area contributed by atoms with Gasteiger partial charge in [0.15, 0.2) is 5.17 Å². The summed E-state index contributed by atoms with van der Waals surface area (Å²) in [5.74, 6) is 0. The number of thioether (sulfide) groups is 1. The third-order valence-corrected chi connectivity index (χ3v) is 2.99. The van der Waals surface area contributed by atoms with Crippen molar-refractivity contribution in [2.45, 2.75) is 6.54 Å². The minimum atomic E-state index is 0.700. The lowest BCUT2D eigenvalue weighted by Gasteiger charge is -2.12. The molecule has 1 aromatic carbocycles. The van der Waals surface area contributed by atoms with E-state index in [0.717, 1.165) is 10.2 Å². The van der Waals surface area contributed by atoms with Crippen LogP contribution in [0.3, 0.4) is 0 Å². The smallest absolute Gasteiger partial charge is 0.158 e. The van der Waals surface area contributed by atoms with E-state index in [4.69, 9.17) is 11.6 Å². The topological polar surface area (TPSA) is 15.6 Å². The van der Waals surface area contributed by atoms with Crippen LogP contribution < -0.4 is 0 Å². The van der Waals surface area contributed by atoms with Crippen molar-refractivity contribution in [3.8, 4) is 0 Å². The van der Waals surface area contributed by atoms with E-state index in [1.165, 1.54) is 5.56 Å². The van der Waals surface area contributed by atoms with Gasteiger partial charge in [0, 0.05) is 19.1 Å². The molecule has 2 nitrogen and oxygen atoms in total. The Morgan fingerprint density at radius 2 is 1.93 bits per heavy atom. The summed E-state index contributed by atoms with van der Waals surface area (Å²) in [6, 6.07) is 7.78. The quantitative estimate of drug-likeness (QED) is 0.585. The first-order chi connectivity index (χ1) is 7.13. The Morgan fingerprint density at radius 1 is 1.33 bits per heavy atom. The fourth-order valence-electron chi connectivity index (χ4n) is 1.14. The van der Waals surface area contributed by atoms with Crippen molar-refractivity contribution in [1.29, 1.82) is 0 Å². The molecule has 0 fully saturated rings. The van der Waals surface area contributed by atoms with Crippen LogP contribution >= 0.6 is 23.4 Å². The van der Waals surface area contributed by atoms with Crippen LogP contribution in [0.4, 0.5) is 0 Å². The van der Waals surface area contributed by atoms with Crippen LogP contribution in [0, 0.1) is 0 Å². The van der Waals surface area contributed by atoms with E-state index in [2.05, 4.69) is 4.99 Å². The fourth-order valence-corrected chi connectivity index (χ4v) is 1.82. The lowest BCUT2D eigenvalue weighted by molar-refractivity contribution is 0.632. The highest BCUT2D eigenvalue weighted by Crippen LogP contribution is 2.11. The van der Waals surface area contributed by atoms with E-state index in [1.54, 1.807) is 11.8 Å². The molecule has 0 unspecified atom stereocenters. The maximum absolute atomic E-state index is 5.80. The molecule has 1 aromatic rings. The van der Waals surface area contributed by atoms with Gasteiger partial charge in [-0.05, 0) is 24.0 Å². The van der Waals surface area contributed by atoms with E-state index >= 15 is 0 Å². The highest BCUT2D eigenvalue weighted by molar-refractivity contribution is 8.13. The molecule has 82 valence electrons. The molecule has 0 bridgehead atoms. The highest BCUT2D eigenvalue weighted by atomic mass is 35.5. The Morgan fingerprint density at radius 3 is 2.40 bits per heavy atom. The van der Waals surface area contributed by atoms with Crippen LogP contribution in [0.2, 0.25) is 5.02 Å². The molecular formula is C11H15ClN2S. The predicted molar refractivity (Wildman–Crippen MR) is 69.8 cm³/mol. The first-order valence-electron chi connectivity index (χ1n) is 4.63. The molecular weight excluding hydrogens is 228 g/mol. The van der Waals surface area contributed by atoms with Gasteiger partial charge in [0.05, 0.1) is 6.54 Å². The number of aliphatic imine (C=N–C) groups is 1. The van der Waals surface area contributed by atoms with Gasteiger partial charge in [-0.15, -0.1) is 0 Å². The average Bonchev–Trinajstić information content (AvgIpc) is 2.21. The third-order valence-electron chi connectivity index (χ3n) is 1.88. The summed E-state index contributed by atoms with van der Waals surface area (Å²) in [6.07, 6.45) is 2.03. The molecule has 1 rings (SSSR count). The van der Waals surface area contributed by atoms with Crippen molar-refractivity contribution in [2.24, 2.45) is 4.99 Å². The second-order valence-electron chi connectivity index (χ2n) is 3.32. The number of benzene rings is 1. The number of hydrogen-bond donors (Lipinski definition) is 0. The van der Waals surface area contributed by atoms with Crippen molar-refractivity contribution in [2.75, 3.05) is 20.4 Å². The molecule has 15 heavy (non-hydrogen) atoms. The van der Waals surface area contributed by atoms with Crippen molar-refractivity contribution in [3.05, 3.63) is 34.9 Å². The van der Waals surface area contributed by atoms with E-state index in [-0.39, 0.29) is 0 Å². The number of rotatable bonds is 2. The highest BCUT2D eigenvalue weighted by Gasteiger charge is 1.98. The minimum absolute atomic E-state index is 0.700. The zero-order valence-corrected chi connectivity index (χ0v) is 10.8. The molecule has 0 aliphatic carbocycles. The maximum atomic E-state index is 5.80. The molecule has 0 aliphatic rings. The molecule has 4 heteroatoms. The van der Waals surface area contributed by atoms with Crippen molar-refractivity contribution >= 4 is 28.5 Å². The number of amidine groups is 1. The van der Waals surface area contributed by atoms with Crippen molar-refractivity contribution in [3.63, 3.8) is 0 Å². The van der Waals surface area contributed by atoms with Crippen molar-refractivity contribution < 1.29 is 0 Å². The van der Waals surface area contributed by atoms with Gasteiger partial charge in [0.1, 0.15) is 0 Å². The van der Waals surface area contributed by atoms with Crippen LogP contribution in [-0.2, 0) is 6.54 Å². The molecule has 0 aromatic heterocycles. The monoisotopic (exact) mass is 242 g/mol. The van der Waals surface area contributed by atoms with E-state index in [1.807, 2.05) is 49.5 Å². The first-order valence-corrected chi connectivity index (χ1v) is 6.24. The van der Waals surface area contributed by atoms with Gasteiger partial charge in [-0.1, -0.05) is 35.5 Å². The van der Waals surface area contributed by atoms with E-state index < -0.39 is 0 Å².